The lowest BCUT2D eigenvalue weighted by atomic mass is 9.94. The van der Waals surface area contributed by atoms with Crippen molar-refractivity contribution < 1.29 is 23.1 Å². The first-order chi connectivity index (χ1) is 9.89. The van der Waals surface area contributed by atoms with Gasteiger partial charge in [0.2, 0.25) is 0 Å². The molecule has 3 atom stereocenters. The fourth-order valence-electron chi connectivity index (χ4n) is 3.83. The molecule has 1 aliphatic carbocycles. The number of nitrogens with zero attached hydrogens (tertiary/aromatic N) is 1. The lowest BCUT2D eigenvalue weighted by Crippen LogP contribution is -2.40. The van der Waals surface area contributed by atoms with E-state index in [1.807, 2.05) is 0 Å². The summed E-state index contributed by atoms with van der Waals surface area (Å²) in [5.41, 5.74) is -0.761. The van der Waals surface area contributed by atoms with Gasteiger partial charge in [-0.3, -0.25) is 0 Å². The van der Waals surface area contributed by atoms with Crippen LogP contribution in [0.5, 0.6) is 0 Å². The molecule has 1 saturated heterocycles. The number of alkyl halides is 3. The summed E-state index contributed by atoms with van der Waals surface area (Å²) in [5.74, 6) is -0.877. The van der Waals surface area contributed by atoms with Crippen molar-refractivity contribution in [3.05, 3.63) is 29.8 Å². The summed E-state index contributed by atoms with van der Waals surface area (Å²) in [4.78, 5) is 13.0. The second-order valence-corrected chi connectivity index (χ2v) is 5.81. The van der Waals surface area contributed by atoms with Gasteiger partial charge in [0.05, 0.1) is 5.56 Å². The van der Waals surface area contributed by atoms with E-state index in [2.05, 4.69) is 0 Å². The van der Waals surface area contributed by atoms with Gasteiger partial charge in [-0.2, -0.15) is 13.2 Å². The zero-order valence-electron chi connectivity index (χ0n) is 11.3. The largest absolute Gasteiger partial charge is 0.480 e. The van der Waals surface area contributed by atoms with Crippen molar-refractivity contribution in [3.8, 4) is 0 Å². The van der Waals surface area contributed by atoms with Gasteiger partial charge >= 0.3 is 12.1 Å². The van der Waals surface area contributed by atoms with Gasteiger partial charge in [-0.25, -0.2) is 4.79 Å². The maximum Gasteiger partial charge on any atom is 0.418 e. The maximum absolute atomic E-state index is 13.1. The van der Waals surface area contributed by atoms with E-state index in [1.165, 1.54) is 23.1 Å². The number of anilines is 1. The molecular formula is C15H16F3NO2. The molecular weight excluding hydrogens is 283 g/mol. The van der Waals surface area contributed by atoms with Crippen molar-refractivity contribution in [3.63, 3.8) is 0 Å². The lowest BCUT2D eigenvalue weighted by molar-refractivity contribution is -0.140. The molecule has 3 rings (SSSR count). The number of carboxylic acid groups (broad SMARTS) is 1. The van der Waals surface area contributed by atoms with Crippen LogP contribution >= 0.6 is 0 Å². The number of para-hydroxylation sites is 1. The average molecular weight is 299 g/mol. The lowest BCUT2D eigenvalue weighted by Gasteiger charge is -2.29. The number of carboxylic acids is 1. The zero-order chi connectivity index (χ0) is 15.2. The molecule has 0 spiro atoms. The van der Waals surface area contributed by atoms with Crippen LogP contribution < -0.4 is 4.90 Å². The molecule has 3 nitrogen and oxygen atoms in total. The van der Waals surface area contributed by atoms with Crippen molar-refractivity contribution in [1.29, 1.82) is 0 Å². The van der Waals surface area contributed by atoms with Gasteiger partial charge in [-0.05, 0) is 36.8 Å². The molecule has 2 fully saturated rings. The maximum atomic E-state index is 13.1. The first-order valence-electron chi connectivity index (χ1n) is 7.05. The van der Waals surface area contributed by atoms with Crippen molar-refractivity contribution in [2.75, 3.05) is 11.4 Å². The second kappa shape index (κ2) is 4.93. The van der Waals surface area contributed by atoms with E-state index >= 15 is 0 Å². The fraction of sp³-hybridized carbons (Fsp3) is 0.533. The Bertz CT molecular complexity index is 558. The molecule has 0 radical (unpaired) electrons. The summed E-state index contributed by atoms with van der Waals surface area (Å²) in [7, 11) is 0. The molecule has 0 aromatic heterocycles. The smallest absolute Gasteiger partial charge is 0.418 e. The van der Waals surface area contributed by atoms with Crippen LogP contribution in [0.2, 0.25) is 0 Å². The highest BCUT2D eigenvalue weighted by molar-refractivity contribution is 5.80. The molecule has 0 amide bonds. The molecule has 1 saturated carbocycles. The highest BCUT2D eigenvalue weighted by Crippen LogP contribution is 2.46. The minimum atomic E-state index is -4.47. The summed E-state index contributed by atoms with van der Waals surface area (Å²) in [6, 6.07) is 4.40. The van der Waals surface area contributed by atoms with Crippen LogP contribution in [0.4, 0.5) is 18.9 Å². The van der Waals surface area contributed by atoms with Gasteiger partial charge in [0.25, 0.3) is 0 Å². The Morgan fingerprint density at radius 3 is 2.62 bits per heavy atom. The first-order valence-corrected chi connectivity index (χ1v) is 7.05. The van der Waals surface area contributed by atoms with Crippen molar-refractivity contribution in [1.82, 2.24) is 0 Å². The molecule has 1 heterocycles. The standard InChI is InChI=1S/C15H16F3NO2/c16-15(17,18)11-6-1-2-7-12(11)19-8-9-4-3-5-10(9)13(19)14(20)21/h1-2,6-7,9-10,13H,3-5,8H2,(H,20,21). The molecule has 2 aliphatic rings. The molecule has 1 aliphatic heterocycles. The number of benzene rings is 1. The molecule has 6 heteroatoms. The van der Waals surface area contributed by atoms with E-state index in [1.54, 1.807) is 0 Å². The number of fused-ring (bicyclic) bond motifs is 1. The molecule has 3 unspecified atom stereocenters. The summed E-state index contributed by atoms with van der Waals surface area (Å²) < 4.78 is 39.4. The Kier molecular flexibility index (Phi) is 3.34. The minimum Gasteiger partial charge on any atom is -0.480 e. The first kappa shape index (κ1) is 14.2. The Labute approximate surface area is 120 Å². The van der Waals surface area contributed by atoms with E-state index in [0.29, 0.717) is 6.54 Å². The Hall–Kier alpha value is -1.72. The Balaban J connectivity index is 2.02. The predicted octanol–water partition coefficient (Wildman–Crippen LogP) is 3.39. The SMILES string of the molecule is O=C(O)C1C2CCCC2CN1c1ccccc1C(F)(F)F. The van der Waals surface area contributed by atoms with Gasteiger partial charge in [-0.1, -0.05) is 18.6 Å². The van der Waals surface area contributed by atoms with Gasteiger partial charge in [0.1, 0.15) is 6.04 Å². The quantitative estimate of drug-likeness (QED) is 0.910. The third-order valence-corrected chi connectivity index (χ3v) is 4.66. The van der Waals surface area contributed by atoms with Crippen LogP contribution in [0.1, 0.15) is 24.8 Å². The zero-order valence-corrected chi connectivity index (χ0v) is 11.3. The number of rotatable bonds is 2. The van der Waals surface area contributed by atoms with Crippen molar-refractivity contribution in [2.24, 2.45) is 11.8 Å². The Morgan fingerprint density at radius 1 is 1.24 bits per heavy atom. The number of aliphatic carboxylic acids is 1. The predicted molar refractivity (Wildman–Crippen MR) is 71.0 cm³/mol. The summed E-state index contributed by atoms with van der Waals surface area (Å²) in [5, 5.41) is 9.46. The highest BCUT2D eigenvalue weighted by Gasteiger charge is 2.49. The molecule has 1 aromatic rings. The minimum absolute atomic E-state index is 0.00759. The van der Waals surface area contributed by atoms with Crippen molar-refractivity contribution >= 4 is 11.7 Å². The number of hydrogen-bond acceptors (Lipinski definition) is 2. The number of halogens is 3. The van der Waals surface area contributed by atoms with E-state index in [4.69, 9.17) is 0 Å². The third kappa shape index (κ3) is 2.36. The van der Waals surface area contributed by atoms with Gasteiger partial charge < -0.3 is 10.0 Å². The van der Waals surface area contributed by atoms with E-state index in [0.717, 1.165) is 25.3 Å². The van der Waals surface area contributed by atoms with E-state index in [-0.39, 0.29) is 17.5 Å². The molecule has 21 heavy (non-hydrogen) atoms. The molecule has 0 bridgehead atoms. The monoisotopic (exact) mass is 299 g/mol. The number of hydrogen-bond donors (Lipinski definition) is 1. The molecule has 1 aromatic carbocycles. The van der Waals surface area contributed by atoms with Crippen LogP contribution in [0.25, 0.3) is 0 Å². The van der Waals surface area contributed by atoms with E-state index in [9.17, 15) is 23.1 Å². The van der Waals surface area contributed by atoms with Gasteiger partial charge in [0, 0.05) is 12.2 Å². The van der Waals surface area contributed by atoms with Crippen LogP contribution in [-0.2, 0) is 11.0 Å². The normalized spacial score (nSPS) is 28.7. The third-order valence-electron chi connectivity index (χ3n) is 4.66. The van der Waals surface area contributed by atoms with Crippen LogP contribution in [0.15, 0.2) is 24.3 Å². The average Bonchev–Trinajstić information content (AvgIpc) is 2.96. The summed E-state index contributed by atoms with van der Waals surface area (Å²) in [6.45, 7) is 0.398. The van der Waals surface area contributed by atoms with Crippen LogP contribution in [0, 0.1) is 11.8 Å². The second-order valence-electron chi connectivity index (χ2n) is 5.81. The van der Waals surface area contributed by atoms with Crippen LogP contribution in [-0.4, -0.2) is 23.7 Å². The fourth-order valence-corrected chi connectivity index (χ4v) is 3.83. The number of carbonyl (C=O) groups is 1. The van der Waals surface area contributed by atoms with Crippen LogP contribution in [0.3, 0.4) is 0 Å². The van der Waals surface area contributed by atoms with Gasteiger partial charge in [0.15, 0.2) is 0 Å². The summed E-state index contributed by atoms with van der Waals surface area (Å²) in [6.07, 6.45) is -1.82. The summed E-state index contributed by atoms with van der Waals surface area (Å²) >= 11 is 0. The highest BCUT2D eigenvalue weighted by atomic mass is 19.4. The molecule has 114 valence electrons. The van der Waals surface area contributed by atoms with Crippen molar-refractivity contribution in [2.45, 2.75) is 31.5 Å². The Morgan fingerprint density at radius 2 is 1.95 bits per heavy atom. The van der Waals surface area contributed by atoms with E-state index < -0.39 is 23.8 Å². The molecule has 1 N–H and O–H groups in total. The van der Waals surface area contributed by atoms with Gasteiger partial charge in [-0.15, -0.1) is 0 Å². The topological polar surface area (TPSA) is 40.5 Å².